The van der Waals surface area contributed by atoms with Gasteiger partial charge in [0.15, 0.2) is 0 Å². The minimum atomic E-state index is -0.928. The molecule has 0 atom stereocenters. The van der Waals surface area contributed by atoms with Crippen molar-refractivity contribution in [2.75, 3.05) is 65.6 Å². The third-order valence-electron chi connectivity index (χ3n) is 14.9. The minimum Gasteiger partial charge on any atom is -1.00 e. The normalized spacial score (nSPS) is 25.7. The second kappa shape index (κ2) is 20.4. The summed E-state index contributed by atoms with van der Waals surface area (Å²) in [6.45, 7) is 9.93. The molecule has 4 heterocycles. The summed E-state index contributed by atoms with van der Waals surface area (Å²) >= 11 is 0. The number of hydrogen-bond acceptors (Lipinski definition) is 4. The maximum atomic E-state index is 12.3. The van der Waals surface area contributed by atoms with Crippen molar-refractivity contribution in [3.63, 3.8) is 0 Å². The molecule has 58 heavy (non-hydrogen) atoms. The van der Waals surface area contributed by atoms with Crippen LogP contribution >= 0.6 is 0 Å². The zero-order chi connectivity index (χ0) is 39.0. The van der Waals surface area contributed by atoms with Crippen LogP contribution in [0.4, 0.5) is 0 Å². The first-order valence-electron chi connectivity index (χ1n) is 21.9. The van der Waals surface area contributed by atoms with Crippen LogP contribution in [-0.4, -0.2) is 95.0 Å². The van der Waals surface area contributed by atoms with Crippen molar-refractivity contribution in [1.29, 1.82) is 0 Å². The van der Waals surface area contributed by atoms with Gasteiger partial charge in [0.05, 0.1) is 63.2 Å². The van der Waals surface area contributed by atoms with Crippen LogP contribution < -0.4 is 34.0 Å². The molecule has 4 aliphatic rings. The Morgan fingerprint density at radius 3 is 0.914 bits per heavy atom. The van der Waals surface area contributed by atoms with E-state index in [-0.39, 0.29) is 44.8 Å². The number of hydrogen-bond donors (Lipinski definition) is 4. The van der Waals surface area contributed by atoms with Crippen LogP contribution in [0.15, 0.2) is 121 Å². The smallest absolute Gasteiger partial charge is 0.126 e. The van der Waals surface area contributed by atoms with Crippen molar-refractivity contribution in [3.05, 3.63) is 144 Å². The predicted molar refractivity (Wildman–Crippen MR) is 226 cm³/mol. The molecule has 0 amide bonds. The number of halogens is 2. The summed E-state index contributed by atoms with van der Waals surface area (Å²) in [4.78, 5) is 0. The molecule has 4 fully saturated rings. The van der Waals surface area contributed by atoms with Gasteiger partial charge in [-0.15, -0.1) is 0 Å². The Labute approximate surface area is 369 Å². The molecule has 8 heteroatoms. The van der Waals surface area contributed by atoms with Gasteiger partial charge >= 0.3 is 0 Å². The van der Waals surface area contributed by atoms with Gasteiger partial charge in [-0.2, -0.15) is 0 Å². The number of aliphatic hydroxyl groups is 4. The molecular formula is C50H68Br2N2O4. The van der Waals surface area contributed by atoms with Crippen LogP contribution in [0.25, 0.3) is 0 Å². The number of benzene rings is 4. The maximum absolute atomic E-state index is 12.3. The quantitative estimate of drug-likeness (QED) is 0.0913. The van der Waals surface area contributed by atoms with Crippen LogP contribution in [0.1, 0.15) is 99.3 Å². The Morgan fingerprint density at radius 1 is 0.397 bits per heavy atom. The standard InChI is InChI=1S/2C25H34NO2.2BrH/c2*27-20-10-2-1-9-17-26-18-15-24(21-26,16-19-26)25(28,22-11-5-3-6-12-22)23-13-7-4-8-14-23;;/h2*3-8,11-14,27-28H,1-2,9-10,15-21H2;2*1H/q2*+1;;/p-2. The summed E-state index contributed by atoms with van der Waals surface area (Å²) in [5, 5.41) is 42.7. The first-order chi connectivity index (χ1) is 27.3. The molecule has 0 spiro atoms. The fourth-order valence-corrected chi connectivity index (χ4v) is 11.9. The largest absolute Gasteiger partial charge is 1.00 e. The molecule has 8 rings (SSSR count). The molecule has 0 unspecified atom stereocenters. The van der Waals surface area contributed by atoms with Gasteiger partial charge in [-0.1, -0.05) is 134 Å². The second-order valence-electron chi connectivity index (χ2n) is 18.1. The van der Waals surface area contributed by atoms with Gasteiger partial charge in [-0.3, -0.25) is 0 Å². The third kappa shape index (κ3) is 9.11. The Kier molecular flexibility index (Phi) is 16.4. The molecule has 4 saturated heterocycles. The van der Waals surface area contributed by atoms with Crippen LogP contribution in [0.5, 0.6) is 0 Å². The number of quaternary nitrogens is 2. The van der Waals surface area contributed by atoms with E-state index in [4.69, 9.17) is 10.2 Å². The maximum Gasteiger partial charge on any atom is 0.126 e. The van der Waals surface area contributed by atoms with Crippen LogP contribution in [0, 0.1) is 10.8 Å². The average molecular weight is 921 g/mol. The second-order valence-corrected chi connectivity index (χ2v) is 18.1. The SMILES string of the molecule is OCCCCCC[N+]12CCC(C(O)(c3ccccc3)c3ccccc3)(CC1)C2.OCCCCCC[N+]12CCC(C(O)(c3ccccc3)c3ccccc3)(CC1)C2.[Br-].[Br-]. The first kappa shape index (κ1) is 46.7. The van der Waals surface area contributed by atoms with Crippen molar-refractivity contribution in [1.82, 2.24) is 0 Å². The van der Waals surface area contributed by atoms with E-state index in [1.165, 1.54) is 73.9 Å². The van der Waals surface area contributed by atoms with E-state index >= 15 is 0 Å². The Hall–Kier alpha value is -2.40. The monoisotopic (exact) mass is 918 g/mol. The summed E-state index contributed by atoms with van der Waals surface area (Å²) in [6, 6.07) is 41.3. The van der Waals surface area contributed by atoms with Gasteiger partial charge in [0, 0.05) is 38.9 Å². The van der Waals surface area contributed by atoms with E-state index in [1.807, 2.05) is 72.8 Å². The van der Waals surface area contributed by atoms with E-state index in [1.54, 1.807) is 0 Å². The molecule has 0 radical (unpaired) electrons. The van der Waals surface area contributed by atoms with Gasteiger partial charge in [0.25, 0.3) is 0 Å². The first-order valence-corrected chi connectivity index (χ1v) is 21.9. The van der Waals surface area contributed by atoms with E-state index in [0.29, 0.717) is 13.2 Å². The number of nitrogens with zero attached hydrogens (tertiary/aromatic N) is 2. The molecule has 0 aromatic heterocycles. The van der Waals surface area contributed by atoms with Crippen molar-refractivity contribution < 1.29 is 63.4 Å². The molecule has 4 N–H and O–H groups in total. The van der Waals surface area contributed by atoms with Crippen LogP contribution in [0.2, 0.25) is 0 Å². The molecule has 4 aromatic rings. The topological polar surface area (TPSA) is 80.9 Å². The Balaban J connectivity index is 0.000000214. The Bertz CT molecular complexity index is 1570. The minimum absolute atomic E-state index is 0. The van der Waals surface area contributed by atoms with Crippen molar-refractivity contribution in [2.24, 2.45) is 10.8 Å². The van der Waals surface area contributed by atoms with E-state index in [2.05, 4.69) is 48.5 Å². The average Bonchev–Trinajstić information content (AvgIpc) is 4.04. The van der Waals surface area contributed by atoms with Gasteiger partial charge in [-0.05, 0) is 60.8 Å². The zero-order valence-electron chi connectivity index (χ0n) is 34.5. The van der Waals surface area contributed by atoms with Crippen LogP contribution in [0.3, 0.4) is 0 Å². The number of fused-ring (bicyclic) bond motifs is 4. The lowest BCUT2D eigenvalue weighted by Crippen LogP contribution is -3.00. The van der Waals surface area contributed by atoms with Crippen molar-refractivity contribution >= 4 is 0 Å². The molecule has 316 valence electrons. The highest BCUT2D eigenvalue weighted by Gasteiger charge is 2.66. The van der Waals surface area contributed by atoms with Gasteiger partial charge in [0.2, 0.25) is 0 Å². The lowest BCUT2D eigenvalue weighted by Gasteiger charge is -2.42. The predicted octanol–water partition coefficient (Wildman–Crippen LogP) is 2.18. The van der Waals surface area contributed by atoms with Gasteiger partial charge < -0.3 is 63.4 Å². The van der Waals surface area contributed by atoms with Crippen molar-refractivity contribution in [3.8, 4) is 0 Å². The molecule has 0 aliphatic carbocycles. The zero-order valence-corrected chi connectivity index (χ0v) is 37.7. The molecule has 4 aromatic carbocycles. The molecule has 0 saturated carbocycles. The lowest BCUT2D eigenvalue weighted by atomic mass is 9.63. The summed E-state index contributed by atoms with van der Waals surface area (Å²) in [5.41, 5.74) is 2.11. The fraction of sp³-hybridized carbons (Fsp3) is 0.520. The van der Waals surface area contributed by atoms with E-state index < -0.39 is 11.2 Å². The van der Waals surface area contributed by atoms with Crippen LogP contribution in [-0.2, 0) is 11.2 Å². The number of aliphatic hydroxyl groups excluding tert-OH is 2. The summed E-state index contributed by atoms with van der Waals surface area (Å²) in [7, 11) is 0. The fourth-order valence-electron chi connectivity index (χ4n) is 11.9. The molecule has 6 nitrogen and oxygen atoms in total. The molecule has 4 bridgehead atoms. The highest BCUT2D eigenvalue weighted by molar-refractivity contribution is 5.41. The third-order valence-corrected chi connectivity index (χ3v) is 14.9. The van der Waals surface area contributed by atoms with Gasteiger partial charge in [-0.25, -0.2) is 0 Å². The highest BCUT2D eigenvalue weighted by atomic mass is 79.9. The summed E-state index contributed by atoms with van der Waals surface area (Å²) < 4.78 is 2.34. The number of rotatable bonds is 18. The van der Waals surface area contributed by atoms with E-state index in [9.17, 15) is 10.2 Å². The number of piperidine rings is 2. The Morgan fingerprint density at radius 2 is 0.655 bits per heavy atom. The van der Waals surface area contributed by atoms with E-state index in [0.717, 1.165) is 86.7 Å². The molecular weight excluding hydrogens is 852 g/mol. The lowest BCUT2D eigenvalue weighted by molar-refractivity contribution is -0.909. The summed E-state index contributed by atoms with van der Waals surface area (Å²) in [6.07, 6.45) is 13.3. The number of unbranched alkanes of at least 4 members (excludes halogenated alkanes) is 6. The van der Waals surface area contributed by atoms with Crippen molar-refractivity contribution in [2.45, 2.75) is 88.3 Å². The van der Waals surface area contributed by atoms with Gasteiger partial charge in [0.1, 0.15) is 11.2 Å². The summed E-state index contributed by atoms with van der Waals surface area (Å²) in [5.74, 6) is 0. The molecule has 4 aliphatic heterocycles. The highest BCUT2D eigenvalue weighted by Crippen LogP contribution is 2.60.